The molecule has 0 atom stereocenters. The van der Waals surface area contributed by atoms with Crippen LogP contribution >= 0.6 is 27.5 Å². The second-order valence-corrected chi connectivity index (χ2v) is 7.70. The molecule has 4 rings (SSSR count). The van der Waals surface area contributed by atoms with E-state index in [1.165, 1.54) is 0 Å². The van der Waals surface area contributed by atoms with Crippen molar-refractivity contribution in [2.24, 2.45) is 0 Å². The monoisotopic (exact) mass is 450 g/mol. The van der Waals surface area contributed by atoms with E-state index in [0.717, 1.165) is 58.8 Å². The average molecular weight is 452 g/mol. The minimum Gasteiger partial charge on any atom is -0.495 e. The van der Waals surface area contributed by atoms with Crippen molar-refractivity contribution in [3.05, 3.63) is 45.7 Å². The maximum absolute atomic E-state index is 9.77. The van der Waals surface area contributed by atoms with Crippen molar-refractivity contribution in [3.8, 4) is 17.0 Å². The van der Waals surface area contributed by atoms with Crippen molar-refractivity contribution in [3.63, 3.8) is 0 Å². The van der Waals surface area contributed by atoms with Crippen molar-refractivity contribution in [2.75, 3.05) is 38.2 Å². The number of hydrogen-bond donors (Lipinski definition) is 2. The Bertz CT molecular complexity index is 985. The third-order valence-electron chi connectivity index (χ3n) is 4.81. The summed E-state index contributed by atoms with van der Waals surface area (Å²) in [6.07, 6.45) is 3.96. The standard InChI is InChI=1S/C19H20BrClN4O2/c1-27-18-6-12(11-26)13(7-15(18)21)16-10-25-9-14(20)17(8-19(25)23-16)24-4-2-22-3-5-24/h6-10,22,26H,2-5,11H2,1H3. The van der Waals surface area contributed by atoms with Crippen LogP contribution in [0.3, 0.4) is 0 Å². The summed E-state index contributed by atoms with van der Waals surface area (Å²) >= 11 is 9.99. The summed E-state index contributed by atoms with van der Waals surface area (Å²) in [7, 11) is 1.56. The molecule has 2 N–H and O–H groups in total. The third-order valence-corrected chi connectivity index (χ3v) is 5.71. The topological polar surface area (TPSA) is 62.0 Å². The highest BCUT2D eigenvalue weighted by Crippen LogP contribution is 2.35. The molecule has 1 aliphatic rings. The zero-order valence-corrected chi connectivity index (χ0v) is 17.2. The molecule has 3 heterocycles. The van der Waals surface area contributed by atoms with Crippen molar-refractivity contribution in [2.45, 2.75) is 6.61 Å². The first-order chi connectivity index (χ1) is 13.1. The third kappa shape index (κ3) is 3.52. The Morgan fingerprint density at radius 1 is 1.26 bits per heavy atom. The highest BCUT2D eigenvalue weighted by Gasteiger charge is 2.17. The van der Waals surface area contributed by atoms with E-state index in [0.29, 0.717) is 10.8 Å². The molecule has 142 valence electrons. The van der Waals surface area contributed by atoms with Gasteiger partial charge >= 0.3 is 0 Å². The summed E-state index contributed by atoms with van der Waals surface area (Å²) in [5.41, 5.74) is 4.26. The molecular formula is C19H20BrClN4O2. The SMILES string of the molecule is COc1cc(CO)c(-c2cn3cc(Br)c(N4CCNCC4)cc3n2)cc1Cl. The molecule has 0 bridgehead atoms. The van der Waals surface area contributed by atoms with Gasteiger partial charge in [0.2, 0.25) is 0 Å². The van der Waals surface area contributed by atoms with E-state index in [4.69, 9.17) is 21.3 Å². The van der Waals surface area contributed by atoms with Gasteiger partial charge in [-0.25, -0.2) is 4.98 Å². The van der Waals surface area contributed by atoms with Crippen LogP contribution in [0, 0.1) is 0 Å². The van der Waals surface area contributed by atoms with E-state index in [9.17, 15) is 5.11 Å². The molecule has 0 radical (unpaired) electrons. The van der Waals surface area contributed by atoms with Gasteiger partial charge in [0.15, 0.2) is 0 Å². The number of piperazine rings is 1. The van der Waals surface area contributed by atoms with Crippen LogP contribution in [0.4, 0.5) is 5.69 Å². The fourth-order valence-corrected chi connectivity index (χ4v) is 4.22. The lowest BCUT2D eigenvalue weighted by atomic mass is 10.1. The summed E-state index contributed by atoms with van der Waals surface area (Å²) in [5, 5.41) is 13.6. The van der Waals surface area contributed by atoms with Gasteiger partial charge in [0.05, 0.1) is 34.6 Å². The fraction of sp³-hybridized carbons (Fsp3) is 0.316. The Morgan fingerprint density at radius 2 is 2.04 bits per heavy atom. The second-order valence-electron chi connectivity index (χ2n) is 6.44. The highest BCUT2D eigenvalue weighted by atomic mass is 79.9. The molecule has 1 aliphatic heterocycles. The van der Waals surface area contributed by atoms with Gasteiger partial charge in [0.25, 0.3) is 0 Å². The highest BCUT2D eigenvalue weighted by molar-refractivity contribution is 9.10. The first-order valence-corrected chi connectivity index (χ1v) is 9.89. The second kappa shape index (κ2) is 7.67. The molecular weight excluding hydrogens is 432 g/mol. The molecule has 6 nitrogen and oxygen atoms in total. The number of anilines is 1. The summed E-state index contributed by atoms with van der Waals surface area (Å²) in [5.74, 6) is 0.539. The van der Waals surface area contributed by atoms with Crippen LogP contribution in [0.15, 0.2) is 35.1 Å². The molecule has 0 saturated carbocycles. The molecule has 3 aromatic rings. The Kier molecular flexibility index (Phi) is 5.27. The van der Waals surface area contributed by atoms with E-state index in [1.807, 2.05) is 16.8 Å². The summed E-state index contributed by atoms with van der Waals surface area (Å²) < 4.78 is 8.25. The Morgan fingerprint density at radius 3 is 2.74 bits per heavy atom. The van der Waals surface area contributed by atoms with Gasteiger partial charge in [0, 0.05) is 50.2 Å². The minimum absolute atomic E-state index is 0.119. The maximum atomic E-state index is 9.77. The normalized spacial score (nSPS) is 14.7. The number of aliphatic hydroxyl groups excluding tert-OH is 1. The molecule has 1 aromatic carbocycles. The van der Waals surface area contributed by atoms with Gasteiger partial charge < -0.3 is 24.5 Å². The van der Waals surface area contributed by atoms with Crippen LogP contribution in [0.25, 0.3) is 16.9 Å². The number of halogens is 2. The minimum atomic E-state index is -0.119. The number of pyridine rings is 1. The summed E-state index contributed by atoms with van der Waals surface area (Å²) in [4.78, 5) is 7.12. The lowest BCUT2D eigenvalue weighted by Gasteiger charge is -2.30. The molecule has 0 spiro atoms. The first kappa shape index (κ1) is 18.6. The number of rotatable bonds is 4. The Labute approximate surface area is 170 Å². The smallest absolute Gasteiger partial charge is 0.139 e. The van der Waals surface area contributed by atoms with Gasteiger partial charge in [-0.1, -0.05) is 11.6 Å². The molecule has 0 unspecified atom stereocenters. The van der Waals surface area contributed by atoms with Gasteiger partial charge in [-0.2, -0.15) is 0 Å². The fourth-order valence-electron chi connectivity index (χ4n) is 3.40. The summed E-state index contributed by atoms with van der Waals surface area (Å²) in [6, 6.07) is 5.63. The molecule has 1 saturated heterocycles. The van der Waals surface area contributed by atoms with Gasteiger partial charge in [0.1, 0.15) is 11.4 Å². The van der Waals surface area contributed by atoms with E-state index >= 15 is 0 Å². The van der Waals surface area contributed by atoms with Crippen molar-refractivity contribution in [1.82, 2.24) is 14.7 Å². The Balaban J connectivity index is 1.79. The van der Waals surface area contributed by atoms with Crippen molar-refractivity contribution in [1.29, 1.82) is 0 Å². The number of aromatic nitrogens is 2. The zero-order valence-electron chi connectivity index (χ0n) is 14.9. The molecule has 2 aromatic heterocycles. The molecule has 1 fully saturated rings. The zero-order chi connectivity index (χ0) is 19.0. The van der Waals surface area contributed by atoms with Crippen molar-refractivity contribution < 1.29 is 9.84 Å². The molecule has 0 aliphatic carbocycles. The summed E-state index contributed by atoms with van der Waals surface area (Å²) in [6.45, 7) is 3.76. The van der Waals surface area contributed by atoms with Crippen molar-refractivity contribution >= 4 is 38.9 Å². The number of imidazole rings is 1. The van der Waals surface area contributed by atoms with Crippen LogP contribution in [0.5, 0.6) is 5.75 Å². The van der Waals surface area contributed by atoms with Crippen LogP contribution in [0.1, 0.15) is 5.56 Å². The molecule has 27 heavy (non-hydrogen) atoms. The molecule has 8 heteroatoms. The number of hydrogen-bond acceptors (Lipinski definition) is 5. The number of methoxy groups -OCH3 is 1. The van der Waals surface area contributed by atoms with Gasteiger partial charge in [-0.05, 0) is 33.6 Å². The number of benzene rings is 1. The number of ether oxygens (including phenoxy) is 1. The lowest BCUT2D eigenvalue weighted by molar-refractivity contribution is 0.281. The van der Waals surface area contributed by atoms with Crippen LogP contribution < -0.4 is 15.0 Å². The van der Waals surface area contributed by atoms with E-state index in [2.05, 4.69) is 32.2 Å². The number of nitrogens with zero attached hydrogens (tertiary/aromatic N) is 3. The van der Waals surface area contributed by atoms with Crippen LogP contribution in [0.2, 0.25) is 5.02 Å². The van der Waals surface area contributed by atoms with Crippen LogP contribution in [-0.2, 0) is 6.61 Å². The predicted octanol–water partition coefficient (Wildman–Crippen LogP) is 3.33. The van der Waals surface area contributed by atoms with E-state index in [-0.39, 0.29) is 6.61 Å². The quantitative estimate of drug-likeness (QED) is 0.637. The predicted molar refractivity (Wildman–Crippen MR) is 111 cm³/mol. The largest absolute Gasteiger partial charge is 0.495 e. The Hall–Kier alpha value is -1.80. The van der Waals surface area contributed by atoms with E-state index < -0.39 is 0 Å². The van der Waals surface area contributed by atoms with Gasteiger partial charge in [-0.15, -0.1) is 0 Å². The van der Waals surface area contributed by atoms with Crippen LogP contribution in [-0.4, -0.2) is 47.8 Å². The first-order valence-electron chi connectivity index (χ1n) is 8.72. The molecule has 0 amide bonds. The maximum Gasteiger partial charge on any atom is 0.139 e. The number of aliphatic hydroxyl groups is 1. The lowest BCUT2D eigenvalue weighted by Crippen LogP contribution is -2.43. The van der Waals surface area contributed by atoms with Gasteiger partial charge in [-0.3, -0.25) is 0 Å². The van der Waals surface area contributed by atoms with E-state index in [1.54, 1.807) is 19.2 Å². The number of fused-ring (bicyclic) bond motifs is 1. The number of nitrogens with one attached hydrogen (secondary N) is 1. The average Bonchev–Trinajstić information content (AvgIpc) is 3.10.